The zero-order valence-corrected chi connectivity index (χ0v) is 9.22. The van der Waals surface area contributed by atoms with E-state index < -0.39 is 0 Å². The second kappa shape index (κ2) is 6.44. The molecule has 0 aromatic heterocycles. The van der Waals surface area contributed by atoms with E-state index in [9.17, 15) is 0 Å². The van der Waals surface area contributed by atoms with E-state index in [-0.39, 0.29) is 0 Å². The van der Waals surface area contributed by atoms with Crippen LogP contribution in [0.15, 0.2) is 0 Å². The van der Waals surface area contributed by atoms with E-state index in [1.807, 2.05) is 0 Å². The molecular formula is C10H24N2. The van der Waals surface area contributed by atoms with Gasteiger partial charge in [0.1, 0.15) is 0 Å². The van der Waals surface area contributed by atoms with Crippen LogP contribution >= 0.6 is 0 Å². The second-order valence-corrected chi connectivity index (χ2v) is 3.63. The van der Waals surface area contributed by atoms with Crippen LogP contribution in [0.3, 0.4) is 0 Å². The van der Waals surface area contributed by atoms with E-state index in [0.717, 1.165) is 6.54 Å². The molecule has 0 aliphatic heterocycles. The molecule has 0 aromatic carbocycles. The Labute approximate surface area is 77.3 Å². The maximum absolute atomic E-state index is 3.50. The molecular weight excluding hydrogens is 148 g/mol. The van der Waals surface area contributed by atoms with Crippen molar-refractivity contribution in [3.8, 4) is 0 Å². The summed E-state index contributed by atoms with van der Waals surface area (Å²) >= 11 is 0. The molecule has 1 unspecified atom stereocenters. The number of rotatable bonds is 6. The molecule has 0 rings (SSSR count). The summed E-state index contributed by atoms with van der Waals surface area (Å²) in [5, 5.41) is 3.50. The molecule has 0 amide bonds. The Bertz CT molecular complexity index is 102. The Morgan fingerprint density at radius 3 is 2.08 bits per heavy atom. The lowest BCUT2D eigenvalue weighted by Gasteiger charge is -2.29. The molecule has 12 heavy (non-hydrogen) atoms. The monoisotopic (exact) mass is 172 g/mol. The number of hydrogen-bond acceptors (Lipinski definition) is 2. The van der Waals surface area contributed by atoms with Gasteiger partial charge in [0.05, 0.1) is 6.17 Å². The van der Waals surface area contributed by atoms with Crippen molar-refractivity contribution in [1.29, 1.82) is 0 Å². The van der Waals surface area contributed by atoms with Gasteiger partial charge in [-0.15, -0.1) is 0 Å². The van der Waals surface area contributed by atoms with Gasteiger partial charge in [-0.25, -0.2) is 0 Å². The highest BCUT2D eigenvalue weighted by atomic mass is 15.3. The Hall–Kier alpha value is -0.0800. The normalized spacial score (nSPS) is 14.2. The van der Waals surface area contributed by atoms with Crippen LogP contribution in [-0.4, -0.2) is 30.2 Å². The van der Waals surface area contributed by atoms with Crippen LogP contribution in [0.5, 0.6) is 0 Å². The molecule has 0 fully saturated rings. The first-order valence-electron chi connectivity index (χ1n) is 5.11. The molecule has 1 atom stereocenters. The Balaban J connectivity index is 3.76. The summed E-state index contributed by atoms with van der Waals surface area (Å²) < 4.78 is 0. The van der Waals surface area contributed by atoms with Crippen LogP contribution in [0.2, 0.25) is 0 Å². The summed E-state index contributed by atoms with van der Waals surface area (Å²) in [7, 11) is 0. The topological polar surface area (TPSA) is 15.3 Å². The average molecular weight is 172 g/mol. The average Bonchev–Trinajstić information content (AvgIpc) is 1.98. The zero-order chi connectivity index (χ0) is 9.56. The van der Waals surface area contributed by atoms with E-state index in [4.69, 9.17) is 0 Å². The third-order valence-electron chi connectivity index (χ3n) is 2.04. The summed E-state index contributed by atoms with van der Waals surface area (Å²) in [5.41, 5.74) is 0. The van der Waals surface area contributed by atoms with Crippen molar-refractivity contribution in [2.24, 2.45) is 0 Å². The second-order valence-electron chi connectivity index (χ2n) is 3.63. The molecule has 0 spiro atoms. The fourth-order valence-electron chi connectivity index (χ4n) is 1.50. The maximum Gasteiger partial charge on any atom is 0.0569 e. The van der Waals surface area contributed by atoms with Crippen LogP contribution in [-0.2, 0) is 0 Å². The van der Waals surface area contributed by atoms with Gasteiger partial charge in [0.2, 0.25) is 0 Å². The smallest absolute Gasteiger partial charge is 0.0569 e. The van der Waals surface area contributed by atoms with Gasteiger partial charge in [0, 0.05) is 6.04 Å². The summed E-state index contributed by atoms with van der Waals surface area (Å²) in [4.78, 5) is 2.46. The molecule has 0 aliphatic rings. The highest BCUT2D eigenvalue weighted by Gasteiger charge is 2.10. The molecule has 0 aromatic rings. The first-order valence-corrected chi connectivity index (χ1v) is 5.11. The maximum atomic E-state index is 3.50. The summed E-state index contributed by atoms with van der Waals surface area (Å²) in [6.07, 6.45) is 1.74. The van der Waals surface area contributed by atoms with Crippen molar-refractivity contribution >= 4 is 0 Å². The molecule has 2 nitrogen and oxygen atoms in total. The van der Waals surface area contributed by atoms with Gasteiger partial charge in [-0.3, -0.25) is 10.2 Å². The molecule has 74 valence electrons. The van der Waals surface area contributed by atoms with Crippen LogP contribution < -0.4 is 5.32 Å². The fourth-order valence-corrected chi connectivity index (χ4v) is 1.50. The lowest BCUT2D eigenvalue weighted by atomic mass is 10.3. The molecule has 0 radical (unpaired) electrons. The van der Waals surface area contributed by atoms with E-state index >= 15 is 0 Å². The van der Waals surface area contributed by atoms with Gasteiger partial charge in [0.15, 0.2) is 0 Å². The highest BCUT2D eigenvalue weighted by Crippen LogP contribution is 1.97. The number of hydrogen-bond donors (Lipinski definition) is 1. The van der Waals surface area contributed by atoms with Crippen LogP contribution in [0.1, 0.15) is 41.0 Å². The minimum absolute atomic E-state index is 0.509. The molecule has 2 heteroatoms. The van der Waals surface area contributed by atoms with Crippen molar-refractivity contribution in [2.45, 2.75) is 53.2 Å². The zero-order valence-electron chi connectivity index (χ0n) is 9.22. The molecule has 0 aliphatic carbocycles. The Morgan fingerprint density at radius 2 is 1.75 bits per heavy atom. The largest absolute Gasteiger partial charge is 0.300 e. The lowest BCUT2D eigenvalue weighted by Crippen LogP contribution is -2.46. The van der Waals surface area contributed by atoms with Crippen molar-refractivity contribution in [3.63, 3.8) is 0 Å². The number of nitrogens with zero attached hydrogens (tertiary/aromatic N) is 1. The molecule has 0 saturated heterocycles. The van der Waals surface area contributed by atoms with Crippen molar-refractivity contribution in [1.82, 2.24) is 10.2 Å². The van der Waals surface area contributed by atoms with Crippen molar-refractivity contribution in [3.05, 3.63) is 0 Å². The minimum Gasteiger partial charge on any atom is -0.300 e. The van der Waals surface area contributed by atoms with E-state index in [0.29, 0.717) is 12.2 Å². The highest BCUT2D eigenvalue weighted by molar-refractivity contribution is 4.65. The van der Waals surface area contributed by atoms with Gasteiger partial charge in [-0.1, -0.05) is 13.8 Å². The van der Waals surface area contributed by atoms with Gasteiger partial charge in [-0.2, -0.15) is 0 Å². The molecule has 0 saturated carbocycles. The van der Waals surface area contributed by atoms with Crippen LogP contribution in [0.25, 0.3) is 0 Å². The van der Waals surface area contributed by atoms with Crippen LogP contribution in [0, 0.1) is 0 Å². The first-order chi connectivity index (χ1) is 5.61. The van der Waals surface area contributed by atoms with E-state index in [1.54, 1.807) is 0 Å². The Morgan fingerprint density at radius 1 is 1.17 bits per heavy atom. The van der Waals surface area contributed by atoms with E-state index in [2.05, 4.69) is 44.8 Å². The minimum atomic E-state index is 0.509. The van der Waals surface area contributed by atoms with E-state index in [1.165, 1.54) is 13.0 Å². The standard InChI is InChI=1S/C10H24N2/c1-6-8-12(7-2)10(5)11-9(3)4/h9-11H,6-8H2,1-5H3. The van der Waals surface area contributed by atoms with Gasteiger partial charge in [0.25, 0.3) is 0 Å². The summed E-state index contributed by atoms with van der Waals surface area (Å²) in [6.45, 7) is 13.4. The van der Waals surface area contributed by atoms with Gasteiger partial charge < -0.3 is 0 Å². The third kappa shape index (κ3) is 4.73. The fraction of sp³-hybridized carbons (Fsp3) is 1.00. The van der Waals surface area contributed by atoms with Crippen molar-refractivity contribution < 1.29 is 0 Å². The van der Waals surface area contributed by atoms with Gasteiger partial charge >= 0.3 is 0 Å². The number of nitrogens with one attached hydrogen (secondary N) is 1. The first kappa shape index (κ1) is 11.9. The lowest BCUT2D eigenvalue weighted by molar-refractivity contribution is 0.178. The third-order valence-corrected chi connectivity index (χ3v) is 2.04. The molecule has 0 heterocycles. The predicted molar refractivity (Wildman–Crippen MR) is 55.3 cm³/mol. The van der Waals surface area contributed by atoms with Gasteiger partial charge in [-0.05, 0) is 40.3 Å². The summed E-state index contributed by atoms with van der Waals surface area (Å²) in [5.74, 6) is 0. The molecule has 1 N–H and O–H groups in total. The summed E-state index contributed by atoms with van der Waals surface area (Å²) in [6, 6.07) is 0.575. The van der Waals surface area contributed by atoms with Crippen LogP contribution in [0.4, 0.5) is 0 Å². The Kier molecular flexibility index (Phi) is 6.39. The molecule has 0 bridgehead atoms. The predicted octanol–water partition coefficient (Wildman–Crippen LogP) is 2.06. The van der Waals surface area contributed by atoms with Crippen molar-refractivity contribution in [2.75, 3.05) is 13.1 Å². The quantitative estimate of drug-likeness (QED) is 0.617. The SMILES string of the molecule is CCCN(CC)C(C)NC(C)C.